The van der Waals surface area contributed by atoms with Crippen LogP contribution in [0.15, 0.2) is 23.3 Å². The Hall–Kier alpha value is -0.180. The summed E-state index contributed by atoms with van der Waals surface area (Å²) in [7, 11) is 0. The molecule has 0 atom stereocenters. The summed E-state index contributed by atoms with van der Waals surface area (Å²) in [6.45, 7) is 1.87. The van der Waals surface area contributed by atoms with Gasteiger partial charge >= 0.3 is 0 Å². The van der Waals surface area contributed by atoms with E-state index in [4.69, 9.17) is 0 Å². The smallest absolute Gasteiger partial charge is 0.253 e. The highest BCUT2D eigenvalue weighted by Gasteiger charge is 2.24. The van der Waals surface area contributed by atoms with E-state index in [1.54, 1.807) is 0 Å². The third-order valence-electron chi connectivity index (χ3n) is 2.05. The van der Waals surface area contributed by atoms with Crippen LogP contribution < -0.4 is 5.01 Å². The van der Waals surface area contributed by atoms with Crippen LogP contribution >= 0.6 is 45.2 Å². The average molecular weight is 426 g/mol. The van der Waals surface area contributed by atoms with Gasteiger partial charge in [0.15, 0.2) is 0 Å². The third kappa shape index (κ3) is 2.32. The molecule has 0 aromatic heterocycles. The first-order chi connectivity index (χ1) is 7.08. The molecule has 0 spiro atoms. The maximum Gasteiger partial charge on any atom is 0.253 e. The number of anilines is 1. The fourth-order valence-corrected chi connectivity index (χ4v) is 2.43. The summed E-state index contributed by atoms with van der Waals surface area (Å²) in [5, 5.41) is 5.73. The Bertz CT molecular complexity index is 457. The number of carbonyl (C=O) groups is 1. The molecule has 1 amide bonds. The molecule has 1 aliphatic rings. The van der Waals surface area contributed by atoms with Gasteiger partial charge in [-0.05, 0) is 70.3 Å². The molecule has 3 nitrogen and oxygen atoms in total. The van der Waals surface area contributed by atoms with Crippen molar-refractivity contribution in [3.63, 3.8) is 0 Å². The molecular weight excluding hydrogens is 418 g/mol. The van der Waals surface area contributed by atoms with Crippen molar-refractivity contribution in [2.24, 2.45) is 5.10 Å². The molecule has 78 valence electrons. The number of hydrazone groups is 1. The largest absolute Gasteiger partial charge is 0.272 e. The molecule has 1 aromatic carbocycles. The minimum Gasteiger partial charge on any atom is -0.272 e. The van der Waals surface area contributed by atoms with Crippen LogP contribution in [0.5, 0.6) is 0 Å². The van der Waals surface area contributed by atoms with Crippen molar-refractivity contribution in [2.45, 2.75) is 13.3 Å². The molecule has 0 saturated heterocycles. The van der Waals surface area contributed by atoms with E-state index in [1.807, 2.05) is 25.1 Å². The van der Waals surface area contributed by atoms with Crippen molar-refractivity contribution in [3.8, 4) is 0 Å². The Labute approximate surface area is 115 Å². The summed E-state index contributed by atoms with van der Waals surface area (Å²) >= 11 is 4.45. The number of nitrogens with zero attached hydrogens (tertiary/aromatic N) is 2. The normalized spacial score (nSPS) is 15.8. The van der Waals surface area contributed by atoms with E-state index in [9.17, 15) is 4.79 Å². The third-order valence-corrected chi connectivity index (χ3v) is 3.63. The minimum atomic E-state index is 0.0485. The minimum absolute atomic E-state index is 0.0485. The van der Waals surface area contributed by atoms with Crippen LogP contribution in [0, 0.1) is 7.14 Å². The van der Waals surface area contributed by atoms with Gasteiger partial charge < -0.3 is 0 Å². The predicted octanol–water partition coefficient (Wildman–Crippen LogP) is 3.01. The monoisotopic (exact) mass is 426 g/mol. The van der Waals surface area contributed by atoms with Gasteiger partial charge in [0.2, 0.25) is 0 Å². The number of halogens is 2. The maximum atomic E-state index is 11.7. The number of carbonyl (C=O) groups excluding carboxylic acids is 1. The van der Waals surface area contributed by atoms with Crippen molar-refractivity contribution in [1.82, 2.24) is 0 Å². The van der Waals surface area contributed by atoms with E-state index < -0.39 is 0 Å². The molecule has 0 saturated carbocycles. The van der Waals surface area contributed by atoms with Gasteiger partial charge in [-0.2, -0.15) is 10.1 Å². The lowest BCUT2D eigenvalue weighted by Crippen LogP contribution is -2.20. The molecule has 0 N–H and O–H groups in total. The van der Waals surface area contributed by atoms with Crippen LogP contribution in [0.2, 0.25) is 0 Å². The predicted molar refractivity (Wildman–Crippen MR) is 77.1 cm³/mol. The summed E-state index contributed by atoms with van der Waals surface area (Å²) in [5.41, 5.74) is 1.75. The first-order valence-electron chi connectivity index (χ1n) is 4.40. The topological polar surface area (TPSA) is 32.7 Å². The number of hydrogen-bond acceptors (Lipinski definition) is 2. The van der Waals surface area contributed by atoms with Crippen molar-refractivity contribution in [1.29, 1.82) is 0 Å². The van der Waals surface area contributed by atoms with Crippen LogP contribution in [0.1, 0.15) is 13.3 Å². The van der Waals surface area contributed by atoms with Crippen LogP contribution in [-0.4, -0.2) is 11.6 Å². The van der Waals surface area contributed by atoms with E-state index in [2.05, 4.69) is 50.3 Å². The summed E-state index contributed by atoms with van der Waals surface area (Å²) in [4.78, 5) is 11.7. The Balaban J connectivity index is 2.45. The molecule has 15 heavy (non-hydrogen) atoms. The fourth-order valence-electron chi connectivity index (χ4n) is 1.39. The summed E-state index contributed by atoms with van der Waals surface area (Å²) < 4.78 is 2.15. The lowest BCUT2D eigenvalue weighted by Gasteiger charge is -2.13. The summed E-state index contributed by atoms with van der Waals surface area (Å²) in [5.74, 6) is 0.0485. The van der Waals surface area contributed by atoms with E-state index >= 15 is 0 Å². The van der Waals surface area contributed by atoms with Crippen molar-refractivity contribution in [2.75, 3.05) is 5.01 Å². The van der Waals surface area contributed by atoms with Crippen molar-refractivity contribution in [3.05, 3.63) is 25.3 Å². The molecular formula is C10H8I2N2O. The molecule has 1 aromatic rings. The van der Waals surface area contributed by atoms with Gasteiger partial charge in [0, 0.05) is 12.9 Å². The van der Waals surface area contributed by atoms with Crippen molar-refractivity contribution < 1.29 is 4.79 Å². The molecule has 1 heterocycles. The van der Waals surface area contributed by atoms with E-state index in [0.717, 1.165) is 18.5 Å². The van der Waals surface area contributed by atoms with E-state index in [0.29, 0.717) is 6.42 Å². The maximum absolute atomic E-state index is 11.7. The zero-order valence-electron chi connectivity index (χ0n) is 8.00. The fraction of sp³-hybridized carbons (Fsp3) is 0.200. The molecule has 2 rings (SSSR count). The number of rotatable bonds is 1. The SMILES string of the molecule is CC1=NN(c2cc(I)ccc2I)C(=O)C1. The second-order valence-corrected chi connectivity index (χ2v) is 5.72. The second-order valence-electron chi connectivity index (χ2n) is 3.31. The Morgan fingerprint density at radius 3 is 2.73 bits per heavy atom. The number of hydrogen-bond donors (Lipinski definition) is 0. The first kappa shape index (κ1) is 11.3. The first-order valence-corrected chi connectivity index (χ1v) is 6.56. The average Bonchev–Trinajstić information content (AvgIpc) is 2.50. The lowest BCUT2D eigenvalue weighted by molar-refractivity contribution is -0.116. The van der Waals surface area contributed by atoms with Crippen molar-refractivity contribution >= 4 is 62.5 Å². The molecule has 0 radical (unpaired) electrons. The van der Waals surface area contributed by atoms with Gasteiger partial charge in [-0.1, -0.05) is 0 Å². The Morgan fingerprint density at radius 2 is 2.13 bits per heavy atom. The standard InChI is InChI=1S/C10H8I2N2O/c1-6-4-10(15)14(13-6)9-5-7(11)2-3-8(9)12/h2-3,5H,4H2,1H3. The van der Waals surface area contributed by atoms with Gasteiger partial charge in [0.05, 0.1) is 12.1 Å². The number of benzene rings is 1. The zero-order valence-corrected chi connectivity index (χ0v) is 12.3. The van der Waals surface area contributed by atoms with Gasteiger partial charge in [-0.3, -0.25) is 4.79 Å². The highest BCUT2D eigenvalue weighted by atomic mass is 127. The van der Waals surface area contributed by atoms with E-state index in [-0.39, 0.29) is 5.91 Å². The quantitative estimate of drug-likeness (QED) is 0.636. The molecule has 5 heteroatoms. The van der Waals surface area contributed by atoms with Gasteiger partial charge in [0.25, 0.3) is 5.91 Å². The highest BCUT2D eigenvalue weighted by molar-refractivity contribution is 14.1. The van der Waals surface area contributed by atoms with Crippen LogP contribution in [0.3, 0.4) is 0 Å². The van der Waals surface area contributed by atoms with E-state index in [1.165, 1.54) is 5.01 Å². The molecule has 0 fully saturated rings. The van der Waals surface area contributed by atoms with Gasteiger partial charge in [0.1, 0.15) is 0 Å². The molecule has 0 aliphatic carbocycles. The Kier molecular flexibility index (Phi) is 3.29. The molecule has 0 unspecified atom stereocenters. The van der Waals surface area contributed by atoms with Crippen LogP contribution in [-0.2, 0) is 4.79 Å². The Morgan fingerprint density at radius 1 is 1.40 bits per heavy atom. The molecule has 1 aliphatic heterocycles. The highest BCUT2D eigenvalue weighted by Crippen LogP contribution is 2.27. The summed E-state index contributed by atoms with van der Waals surface area (Å²) in [6, 6.07) is 5.99. The summed E-state index contributed by atoms with van der Waals surface area (Å²) in [6.07, 6.45) is 0.432. The zero-order chi connectivity index (χ0) is 11.0. The lowest BCUT2D eigenvalue weighted by atomic mass is 10.3. The molecule has 0 bridgehead atoms. The number of amides is 1. The van der Waals surface area contributed by atoms with Crippen LogP contribution in [0.4, 0.5) is 5.69 Å². The second kappa shape index (κ2) is 4.36. The van der Waals surface area contributed by atoms with Gasteiger partial charge in [-0.15, -0.1) is 0 Å². The van der Waals surface area contributed by atoms with Gasteiger partial charge in [-0.25, -0.2) is 0 Å². The van der Waals surface area contributed by atoms with Crippen LogP contribution in [0.25, 0.3) is 0 Å².